The Morgan fingerprint density at radius 3 is 3.15 bits per heavy atom. The number of nitrogens with zero attached hydrogens (tertiary/aromatic N) is 3. The van der Waals surface area contributed by atoms with Crippen LogP contribution in [0, 0.1) is 11.8 Å². The molecule has 0 spiro atoms. The summed E-state index contributed by atoms with van der Waals surface area (Å²) in [6.45, 7) is 1.40. The van der Waals surface area contributed by atoms with Gasteiger partial charge in [-0.05, 0) is 12.1 Å². The standard InChI is InChI=1S/C13H15N5OS/c14-6-1-2-11-3-4-12(20-11)8-16-13(19)5-7-18-10-15-9-17-18/h3-4,9-10H,5-8,14H2,(H,16,19). The smallest absolute Gasteiger partial charge is 0.222 e. The number of hydrogen-bond acceptors (Lipinski definition) is 5. The minimum atomic E-state index is -0.0107. The molecule has 1 amide bonds. The molecular weight excluding hydrogens is 274 g/mol. The van der Waals surface area contributed by atoms with E-state index in [1.165, 1.54) is 6.33 Å². The summed E-state index contributed by atoms with van der Waals surface area (Å²) in [5, 5.41) is 6.81. The first kappa shape index (κ1) is 14.2. The third-order valence-corrected chi connectivity index (χ3v) is 3.47. The largest absolute Gasteiger partial charge is 0.351 e. The summed E-state index contributed by atoms with van der Waals surface area (Å²) in [7, 11) is 0. The van der Waals surface area contributed by atoms with Crippen LogP contribution in [0.2, 0.25) is 0 Å². The minimum Gasteiger partial charge on any atom is -0.351 e. The molecule has 0 saturated heterocycles. The second kappa shape index (κ2) is 7.43. The summed E-state index contributed by atoms with van der Waals surface area (Å²) in [6.07, 6.45) is 3.43. The van der Waals surface area contributed by atoms with Crippen molar-refractivity contribution in [1.82, 2.24) is 20.1 Å². The van der Waals surface area contributed by atoms with E-state index < -0.39 is 0 Å². The van der Waals surface area contributed by atoms with Gasteiger partial charge in [-0.2, -0.15) is 5.10 Å². The Morgan fingerprint density at radius 1 is 1.50 bits per heavy atom. The Bertz CT molecular complexity index is 608. The molecule has 0 bridgehead atoms. The van der Waals surface area contributed by atoms with Gasteiger partial charge in [-0.3, -0.25) is 9.48 Å². The number of rotatable bonds is 5. The van der Waals surface area contributed by atoms with Crippen LogP contribution in [0.3, 0.4) is 0 Å². The van der Waals surface area contributed by atoms with Crippen LogP contribution < -0.4 is 11.1 Å². The summed E-state index contributed by atoms with van der Waals surface area (Å²) in [6, 6.07) is 3.90. The van der Waals surface area contributed by atoms with Crippen LogP contribution in [0.5, 0.6) is 0 Å². The molecule has 2 aromatic heterocycles. The first-order valence-corrected chi connectivity index (χ1v) is 6.96. The van der Waals surface area contributed by atoms with E-state index in [0.717, 1.165) is 9.75 Å². The van der Waals surface area contributed by atoms with Gasteiger partial charge in [-0.15, -0.1) is 11.3 Å². The quantitative estimate of drug-likeness (QED) is 0.778. The van der Waals surface area contributed by atoms with Crippen LogP contribution in [-0.2, 0) is 17.9 Å². The highest BCUT2D eigenvalue weighted by molar-refractivity contribution is 7.12. The summed E-state index contributed by atoms with van der Waals surface area (Å²) < 4.78 is 1.63. The molecule has 104 valence electrons. The van der Waals surface area contributed by atoms with Crippen molar-refractivity contribution in [2.24, 2.45) is 5.73 Å². The topological polar surface area (TPSA) is 85.8 Å². The van der Waals surface area contributed by atoms with Crippen LogP contribution in [0.1, 0.15) is 16.2 Å². The molecule has 0 atom stereocenters. The predicted molar refractivity (Wildman–Crippen MR) is 76.7 cm³/mol. The maximum Gasteiger partial charge on any atom is 0.222 e. The second-order valence-electron chi connectivity index (χ2n) is 3.96. The van der Waals surface area contributed by atoms with Crippen LogP contribution in [0.15, 0.2) is 24.8 Å². The predicted octanol–water partition coefficient (Wildman–Crippen LogP) is 0.356. The van der Waals surface area contributed by atoms with E-state index in [9.17, 15) is 4.79 Å². The van der Waals surface area contributed by atoms with Gasteiger partial charge in [0.1, 0.15) is 12.7 Å². The normalized spacial score (nSPS) is 9.85. The molecular formula is C13H15N5OS. The molecule has 0 aliphatic heterocycles. The Balaban J connectivity index is 1.74. The number of amides is 1. The fourth-order valence-corrected chi connectivity index (χ4v) is 2.34. The Hall–Kier alpha value is -2.17. The fourth-order valence-electron chi connectivity index (χ4n) is 1.52. The molecule has 0 aliphatic carbocycles. The average molecular weight is 289 g/mol. The van der Waals surface area contributed by atoms with Gasteiger partial charge in [-0.1, -0.05) is 11.8 Å². The lowest BCUT2D eigenvalue weighted by molar-refractivity contribution is -0.121. The Labute approximate surface area is 121 Å². The molecule has 2 heterocycles. The second-order valence-corrected chi connectivity index (χ2v) is 5.13. The lowest BCUT2D eigenvalue weighted by Gasteiger charge is -2.03. The Morgan fingerprint density at radius 2 is 2.40 bits per heavy atom. The van der Waals surface area contributed by atoms with Crippen molar-refractivity contribution in [3.63, 3.8) is 0 Å². The van der Waals surface area contributed by atoms with Crippen LogP contribution in [-0.4, -0.2) is 27.2 Å². The van der Waals surface area contributed by atoms with E-state index in [1.807, 2.05) is 12.1 Å². The maximum atomic E-state index is 11.7. The molecule has 0 aliphatic rings. The number of thiophene rings is 1. The van der Waals surface area contributed by atoms with E-state index in [0.29, 0.717) is 26.1 Å². The molecule has 7 heteroatoms. The summed E-state index contributed by atoms with van der Waals surface area (Å²) in [4.78, 5) is 17.5. The molecule has 2 aromatic rings. The zero-order valence-corrected chi connectivity index (χ0v) is 11.7. The first-order valence-electron chi connectivity index (χ1n) is 6.14. The number of aryl methyl sites for hydroxylation is 1. The third-order valence-electron chi connectivity index (χ3n) is 2.47. The molecule has 0 unspecified atom stereocenters. The van der Waals surface area contributed by atoms with Gasteiger partial charge in [0.05, 0.1) is 24.5 Å². The zero-order valence-electron chi connectivity index (χ0n) is 10.9. The van der Waals surface area contributed by atoms with Gasteiger partial charge in [0.15, 0.2) is 0 Å². The van der Waals surface area contributed by atoms with Crippen LogP contribution in [0.25, 0.3) is 0 Å². The van der Waals surface area contributed by atoms with Crippen LogP contribution >= 0.6 is 11.3 Å². The first-order chi connectivity index (χ1) is 9.78. The molecule has 6 nitrogen and oxygen atoms in total. The van der Waals surface area contributed by atoms with Crippen molar-refractivity contribution in [2.75, 3.05) is 6.54 Å². The molecule has 0 saturated carbocycles. The van der Waals surface area contributed by atoms with Gasteiger partial charge in [0.25, 0.3) is 0 Å². The molecule has 0 radical (unpaired) electrons. The van der Waals surface area contributed by atoms with Gasteiger partial charge in [0, 0.05) is 11.3 Å². The van der Waals surface area contributed by atoms with E-state index in [2.05, 4.69) is 27.2 Å². The summed E-state index contributed by atoms with van der Waals surface area (Å²) in [5.74, 6) is 5.76. The highest BCUT2D eigenvalue weighted by Gasteiger charge is 2.04. The van der Waals surface area contributed by atoms with E-state index in [1.54, 1.807) is 22.3 Å². The molecule has 0 fully saturated rings. The highest BCUT2D eigenvalue weighted by atomic mass is 32.1. The SMILES string of the molecule is NCC#Cc1ccc(CNC(=O)CCn2cncn2)s1. The van der Waals surface area contributed by atoms with Crippen molar-refractivity contribution in [1.29, 1.82) is 0 Å². The van der Waals surface area contributed by atoms with Crippen molar-refractivity contribution in [3.8, 4) is 11.8 Å². The van der Waals surface area contributed by atoms with Crippen molar-refractivity contribution < 1.29 is 4.79 Å². The summed E-state index contributed by atoms with van der Waals surface area (Å²) >= 11 is 1.56. The van der Waals surface area contributed by atoms with Gasteiger partial charge in [0.2, 0.25) is 5.91 Å². The van der Waals surface area contributed by atoms with E-state index in [4.69, 9.17) is 5.73 Å². The van der Waals surface area contributed by atoms with E-state index >= 15 is 0 Å². The van der Waals surface area contributed by atoms with Gasteiger partial charge < -0.3 is 11.1 Å². The molecule has 0 aromatic carbocycles. The average Bonchev–Trinajstić information content (AvgIpc) is 3.12. The fraction of sp³-hybridized carbons (Fsp3) is 0.308. The number of carbonyl (C=O) groups is 1. The van der Waals surface area contributed by atoms with Crippen molar-refractivity contribution in [3.05, 3.63) is 34.5 Å². The number of carbonyl (C=O) groups excluding carboxylic acids is 1. The maximum absolute atomic E-state index is 11.7. The van der Waals surface area contributed by atoms with E-state index in [-0.39, 0.29) is 5.91 Å². The number of aromatic nitrogens is 3. The van der Waals surface area contributed by atoms with Gasteiger partial charge in [-0.25, -0.2) is 4.98 Å². The van der Waals surface area contributed by atoms with Crippen molar-refractivity contribution >= 4 is 17.2 Å². The monoisotopic (exact) mass is 289 g/mol. The number of nitrogens with one attached hydrogen (secondary N) is 1. The van der Waals surface area contributed by atoms with Crippen LogP contribution in [0.4, 0.5) is 0 Å². The third kappa shape index (κ3) is 4.50. The summed E-state index contributed by atoms with van der Waals surface area (Å²) in [5.41, 5.74) is 5.32. The lowest BCUT2D eigenvalue weighted by atomic mass is 10.3. The molecule has 3 N–H and O–H groups in total. The highest BCUT2D eigenvalue weighted by Crippen LogP contribution is 2.14. The molecule has 2 rings (SSSR count). The number of hydrogen-bond donors (Lipinski definition) is 2. The lowest BCUT2D eigenvalue weighted by Crippen LogP contribution is -2.23. The zero-order chi connectivity index (χ0) is 14.2. The Kier molecular flexibility index (Phi) is 5.29. The minimum absolute atomic E-state index is 0.0107. The molecule has 20 heavy (non-hydrogen) atoms. The number of nitrogens with two attached hydrogens (primary N) is 1. The van der Waals surface area contributed by atoms with Crippen molar-refractivity contribution in [2.45, 2.75) is 19.5 Å². The van der Waals surface area contributed by atoms with Gasteiger partial charge >= 0.3 is 0 Å².